The Morgan fingerprint density at radius 3 is 2.48 bits per heavy atom. The van der Waals surface area contributed by atoms with Crippen LogP contribution in [0.4, 0.5) is 11.4 Å². The maximum Gasteiger partial charge on any atom is 0.287 e. The predicted octanol–water partition coefficient (Wildman–Crippen LogP) is 0.943. The van der Waals surface area contributed by atoms with E-state index in [2.05, 4.69) is 15.5 Å². The molecule has 0 atom stereocenters. The highest BCUT2D eigenvalue weighted by molar-refractivity contribution is 5.96. The highest BCUT2D eigenvalue weighted by Gasteiger charge is 2.16. The minimum atomic E-state index is -0.485. The third-order valence-corrected chi connectivity index (χ3v) is 4.48. The zero-order valence-corrected chi connectivity index (χ0v) is 16.2. The lowest BCUT2D eigenvalue weighted by Gasteiger charge is -2.28. The molecule has 3 amide bonds. The van der Waals surface area contributed by atoms with Crippen LogP contribution in [-0.4, -0.2) is 69.1 Å². The van der Waals surface area contributed by atoms with Crippen molar-refractivity contribution in [3.63, 3.8) is 0 Å². The summed E-state index contributed by atoms with van der Waals surface area (Å²) < 4.78 is 10.3. The summed E-state index contributed by atoms with van der Waals surface area (Å²) in [6.45, 7) is 2.75. The van der Waals surface area contributed by atoms with Crippen molar-refractivity contribution in [3.05, 3.63) is 48.4 Å². The number of hydrogen-bond acceptors (Lipinski definition) is 6. The van der Waals surface area contributed by atoms with Crippen LogP contribution in [-0.2, 0) is 14.3 Å². The number of morpholine rings is 1. The number of likely N-dealkylation sites (N-methyl/N-ethyl adjacent to an activating group) is 1. The van der Waals surface area contributed by atoms with Gasteiger partial charge in [0.25, 0.3) is 5.91 Å². The number of furan rings is 1. The molecule has 1 fully saturated rings. The van der Waals surface area contributed by atoms with E-state index in [0.29, 0.717) is 18.9 Å². The van der Waals surface area contributed by atoms with E-state index in [1.807, 2.05) is 24.3 Å². The van der Waals surface area contributed by atoms with Gasteiger partial charge in [0.05, 0.1) is 32.6 Å². The van der Waals surface area contributed by atoms with Gasteiger partial charge in [0.2, 0.25) is 11.8 Å². The lowest BCUT2D eigenvalue weighted by Crippen LogP contribution is -2.41. The molecule has 9 nitrogen and oxygen atoms in total. The molecule has 2 heterocycles. The van der Waals surface area contributed by atoms with Crippen molar-refractivity contribution in [1.82, 2.24) is 10.2 Å². The Bertz CT molecular complexity index is 829. The lowest BCUT2D eigenvalue weighted by molar-refractivity contribution is -0.132. The van der Waals surface area contributed by atoms with E-state index in [0.717, 1.165) is 18.8 Å². The molecular formula is C20H24N4O5. The van der Waals surface area contributed by atoms with Gasteiger partial charge in [-0.15, -0.1) is 0 Å². The van der Waals surface area contributed by atoms with E-state index in [9.17, 15) is 14.4 Å². The molecule has 1 saturated heterocycles. The molecule has 2 N–H and O–H groups in total. The fourth-order valence-corrected chi connectivity index (χ4v) is 2.87. The van der Waals surface area contributed by atoms with Crippen LogP contribution < -0.4 is 15.5 Å². The highest BCUT2D eigenvalue weighted by Crippen LogP contribution is 2.19. The molecule has 1 aliphatic rings. The first-order valence-electron chi connectivity index (χ1n) is 9.31. The Hall–Kier alpha value is -3.33. The number of nitrogens with one attached hydrogen (secondary N) is 2. The maximum atomic E-state index is 12.2. The number of anilines is 2. The average molecular weight is 400 g/mol. The molecule has 3 rings (SSSR count). The van der Waals surface area contributed by atoms with E-state index < -0.39 is 5.91 Å². The van der Waals surface area contributed by atoms with Crippen molar-refractivity contribution in [2.24, 2.45) is 0 Å². The molecule has 9 heteroatoms. The van der Waals surface area contributed by atoms with Gasteiger partial charge in [-0.1, -0.05) is 0 Å². The van der Waals surface area contributed by atoms with Gasteiger partial charge in [-0.05, 0) is 36.4 Å². The minimum Gasteiger partial charge on any atom is -0.459 e. The van der Waals surface area contributed by atoms with E-state index in [1.165, 1.54) is 24.3 Å². The number of benzene rings is 1. The van der Waals surface area contributed by atoms with Crippen molar-refractivity contribution in [3.8, 4) is 0 Å². The number of rotatable bonds is 7. The summed E-state index contributed by atoms with van der Waals surface area (Å²) in [5.74, 6) is -1.07. The highest BCUT2D eigenvalue weighted by atomic mass is 16.5. The number of amides is 3. The first-order chi connectivity index (χ1) is 14.0. The van der Waals surface area contributed by atoms with Crippen molar-refractivity contribution in [2.45, 2.75) is 0 Å². The van der Waals surface area contributed by atoms with Gasteiger partial charge in [-0.2, -0.15) is 0 Å². The van der Waals surface area contributed by atoms with Crippen LogP contribution in [0.5, 0.6) is 0 Å². The average Bonchev–Trinajstić information content (AvgIpc) is 3.28. The zero-order valence-electron chi connectivity index (χ0n) is 16.2. The second-order valence-corrected chi connectivity index (χ2v) is 6.60. The Labute approximate surface area is 168 Å². The van der Waals surface area contributed by atoms with Crippen LogP contribution in [0.3, 0.4) is 0 Å². The largest absolute Gasteiger partial charge is 0.459 e. The first kappa shape index (κ1) is 20.4. The molecule has 1 aliphatic heterocycles. The van der Waals surface area contributed by atoms with Crippen molar-refractivity contribution < 1.29 is 23.5 Å². The summed E-state index contributed by atoms with van der Waals surface area (Å²) >= 11 is 0. The van der Waals surface area contributed by atoms with Gasteiger partial charge in [0.1, 0.15) is 0 Å². The molecule has 1 aromatic carbocycles. The second kappa shape index (κ2) is 9.74. The monoisotopic (exact) mass is 400 g/mol. The maximum absolute atomic E-state index is 12.2. The smallest absolute Gasteiger partial charge is 0.287 e. The van der Waals surface area contributed by atoms with Gasteiger partial charge in [0, 0.05) is 31.5 Å². The minimum absolute atomic E-state index is 0.124. The first-order valence-corrected chi connectivity index (χ1v) is 9.31. The lowest BCUT2D eigenvalue weighted by atomic mass is 10.2. The predicted molar refractivity (Wildman–Crippen MR) is 107 cm³/mol. The van der Waals surface area contributed by atoms with Gasteiger partial charge in [-0.3, -0.25) is 14.4 Å². The molecule has 0 bridgehead atoms. The Kier molecular flexibility index (Phi) is 6.85. The second-order valence-electron chi connectivity index (χ2n) is 6.60. The van der Waals surface area contributed by atoms with E-state index in [-0.39, 0.29) is 30.7 Å². The topological polar surface area (TPSA) is 104 Å². The normalized spacial score (nSPS) is 13.6. The van der Waals surface area contributed by atoms with E-state index in [1.54, 1.807) is 6.07 Å². The number of carbonyl (C=O) groups excluding carboxylic acids is 3. The molecule has 2 aromatic rings. The van der Waals surface area contributed by atoms with E-state index >= 15 is 0 Å². The quantitative estimate of drug-likeness (QED) is 0.717. The standard InChI is InChI=1S/C20H24N4O5/c1-23(19(26)13-21-20(27)17-3-2-10-29-17)14-18(25)22-15-4-6-16(7-5-15)24-8-11-28-12-9-24/h2-7,10H,8-9,11-14H2,1H3,(H,21,27)(H,22,25). The molecule has 29 heavy (non-hydrogen) atoms. The SMILES string of the molecule is CN(CC(=O)Nc1ccc(N2CCOCC2)cc1)C(=O)CNC(=O)c1ccco1. The molecule has 154 valence electrons. The molecule has 0 radical (unpaired) electrons. The number of hydrogen-bond donors (Lipinski definition) is 2. The van der Waals surface area contributed by atoms with Crippen LogP contribution in [0.25, 0.3) is 0 Å². The van der Waals surface area contributed by atoms with Crippen molar-refractivity contribution >= 4 is 29.1 Å². The number of ether oxygens (including phenoxy) is 1. The molecule has 0 saturated carbocycles. The molecule has 0 unspecified atom stereocenters. The summed E-state index contributed by atoms with van der Waals surface area (Å²) in [4.78, 5) is 39.6. The summed E-state index contributed by atoms with van der Waals surface area (Å²) in [6, 6.07) is 10.6. The summed E-state index contributed by atoms with van der Waals surface area (Å²) in [5, 5.41) is 5.22. The van der Waals surface area contributed by atoms with Gasteiger partial charge in [-0.25, -0.2) is 0 Å². The summed E-state index contributed by atoms with van der Waals surface area (Å²) in [7, 11) is 1.50. The molecular weight excluding hydrogens is 376 g/mol. The van der Waals surface area contributed by atoms with E-state index in [4.69, 9.17) is 9.15 Å². The van der Waals surface area contributed by atoms with Crippen molar-refractivity contribution in [2.75, 3.05) is 56.7 Å². The van der Waals surface area contributed by atoms with Crippen LogP contribution in [0.2, 0.25) is 0 Å². The van der Waals surface area contributed by atoms with Gasteiger partial charge >= 0.3 is 0 Å². The Balaban J connectivity index is 1.43. The fraction of sp³-hybridized carbons (Fsp3) is 0.350. The number of carbonyl (C=O) groups is 3. The third-order valence-electron chi connectivity index (χ3n) is 4.48. The molecule has 0 spiro atoms. The van der Waals surface area contributed by atoms with Crippen LogP contribution in [0, 0.1) is 0 Å². The van der Waals surface area contributed by atoms with Crippen LogP contribution >= 0.6 is 0 Å². The Morgan fingerprint density at radius 1 is 1.10 bits per heavy atom. The number of nitrogens with zero attached hydrogens (tertiary/aromatic N) is 2. The fourth-order valence-electron chi connectivity index (χ4n) is 2.87. The molecule has 1 aromatic heterocycles. The summed E-state index contributed by atoms with van der Waals surface area (Å²) in [5.41, 5.74) is 1.73. The van der Waals surface area contributed by atoms with Gasteiger partial charge < -0.3 is 29.6 Å². The van der Waals surface area contributed by atoms with Gasteiger partial charge in [0.15, 0.2) is 5.76 Å². The summed E-state index contributed by atoms with van der Waals surface area (Å²) in [6.07, 6.45) is 1.38. The van der Waals surface area contributed by atoms with Crippen LogP contribution in [0.15, 0.2) is 47.1 Å². The zero-order chi connectivity index (χ0) is 20.6. The van der Waals surface area contributed by atoms with Crippen molar-refractivity contribution in [1.29, 1.82) is 0 Å². The third kappa shape index (κ3) is 5.82. The molecule has 0 aliphatic carbocycles. The van der Waals surface area contributed by atoms with Crippen LogP contribution in [0.1, 0.15) is 10.6 Å². The Morgan fingerprint density at radius 2 is 1.83 bits per heavy atom.